The fourth-order valence-electron chi connectivity index (χ4n) is 1.88. The van der Waals surface area contributed by atoms with Gasteiger partial charge in [0.15, 0.2) is 0 Å². The van der Waals surface area contributed by atoms with Crippen molar-refractivity contribution in [2.24, 2.45) is 0 Å². The van der Waals surface area contributed by atoms with Gasteiger partial charge >= 0.3 is 5.97 Å². The Kier molecular flexibility index (Phi) is 4.32. The number of amides is 1. The molecule has 0 saturated heterocycles. The van der Waals surface area contributed by atoms with Crippen molar-refractivity contribution in [2.75, 3.05) is 6.54 Å². The second kappa shape index (κ2) is 6.17. The molecule has 2 N–H and O–H groups in total. The number of hydrogen-bond donors (Lipinski definition) is 2. The molecule has 21 heavy (non-hydrogen) atoms. The lowest BCUT2D eigenvalue weighted by Gasteiger charge is -2.06. The zero-order valence-corrected chi connectivity index (χ0v) is 11.5. The molecule has 0 aliphatic rings. The van der Waals surface area contributed by atoms with Crippen LogP contribution in [0.2, 0.25) is 0 Å². The lowest BCUT2D eigenvalue weighted by atomic mass is 10.2. The highest BCUT2D eigenvalue weighted by molar-refractivity contribution is 5.93. The molecule has 7 nitrogen and oxygen atoms in total. The number of nitrogens with one attached hydrogen (secondary N) is 1. The SMILES string of the molecule is Cc1ccc2ncc(C(=O)NCCCC(=O)O)c(=O)n2c1. The van der Waals surface area contributed by atoms with Crippen LogP contribution in [0.4, 0.5) is 0 Å². The molecule has 0 aliphatic carbocycles. The molecule has 0 spiro atoms. The Labute approximate surface area is 120 Å². The van der Waals surface area contributed by atoms with Gasteiger partial charge in [-0.3, -0.25) is 18.8 Å². The van der Waals surface area contributed by atoms with E-state index in [1.54, 1.807) is 12.3 Å². The van der Waals surface area contributed by atoms with Gasteiger partial charge in [0.1, 0.15) is 11.2 Å². The predicted octanol–water partition coefficient (Wildman–Crippen LogP) is 0.598. The van der Waals surface area contributed by atoms with E-state index in [4.69, 9.17) is 5.11 Å². The number of fused-ring (bicyclic) bond motifs is 1. The summed E-state index contributed by atoms with van der Waals surface area (Å²) in [4.78, 5) is 38.6. The Bertz CT molecular complexity index is 751. The summed E-state index contributed by atoms with van der Waals surface area (Å²) in [5, 5.41) is 11.0. The van der Waals surface area contributed by atoms with Gasteiger partial charge in [0.25, 0.3) is 11.5 Å². The minimum absolute atomic E-state index is 0.0333. The van der Waals surface area contributed by atoms with Crippen LogP contribution in [-0.2, 0) is 4.79 Å². The molecule has 0 atom stereocenters. The molecule has 0 unspecified atom stereocenters. The first kappa shape index (κ1) is 14.7. The van der Waals surface area contributed by atoms with Crippen LogP contribution < -0.4 is 10.9 Å². The molecule has 2 aromatic rings. The maximum Gasteiger partial charge on any atom is 0.303 e. The molecule has 0 saturated carbocycles. The molecule has 110 valence electrons. The van der Waals surface area contributed by atoms with Gasteiger partial charge in [-0.25, -0.2) is 4.98 Å². The number of rotatable bonds is 5. The van der Waals surface area contributed by atoms with Gasteiger partial charge in [0.05, 0.1) is 0 Å². The van der Waals surface area contributed by atoms with Gasteiger partial charge in [-0.05, 0) is 25.0 Å². The molecule has 0 aromatic carbocycles. The maximum atomic E-state index is 12.2. The summed E-state index contributed by atoms with van der Waals surface area (Å²) in [5.74, 6) is -1.47. The molecule has 1 amide bonds. The molecule has 7 heteroatoms. The number of carboxylic acids is 1. The smallest absolute Gasteiger partial charge is 0.303 e. The highest BCUT2D eigenvalue weighted by Crippen LogP contribution is 2.01. The van der Waals surface area contributed by atoms with E-state index in [1.165, 1.54) is 10.6 Å². The first-order valence-electron chi connectivity index (χ1n) is 6.47. The number of pyridine rings is 1. The highest BCUT2D eigenvalue weighted by Gasteiger charge is 2.12. The van der Waals surface area contributed by atoms with Crippen LogP contribution in [0.5, 0.6) is 0 Å². The van der Waals surface area contributed by atoms with Crippen molar-refractivity contribution in [1.29, 1.82) is 0 Å². The van der Waals surface area contributed by atoms with Gasteiger partial charge in [-0.15, -0.1) is 0 Å². The largest absolute Gasteiger partial charge is 0.481 e. The third-order valence-corrected chi connectivity index (χ3v) is 2.95. The summed E-state index contributed by atoms with van der Waals surface area (Å²) in [5.41, 5.74) is 0.839. The summed E-state index contributed by atoms with van der Waals surface area (Å²) in [6, 6.07) is 3.53. The Hall–Kier alpha value is -2.70. The van der Waals surface area contributed by atoms with Gasteiger partial charge in [-0.1, -0.05) is 6.07 Å². The maximum absolute atomic E-state index is 12.2. The number of aliphatic carboxylic acids is 1. The monoisotopic (exact) mass is 289 g/mol. The predicted molar refractivity (Wildman–Crippen MR) is 75.4 cm³/mol. The third kappa shape index (κ3) is 3.44. The lowest BCUT2D eigenvalue weighted by molar-refractivity contribution is -0.137. The molecule has 0 aliphatic heterocycles. The quantitative estimate of drug-likeness (QED) is 0.785. The van der Waals surface area contributed by atoms with Crippen LogP contribution in [0.25, 0.3) is 5.65 Å². The first-order chi connectivity index (χ1) is 9.99. The Morgan fingerprint density at radius 2 is 2.14 bits per heavy atom. The van der Waals surface area contributed by atoms with Gasteiger partial charge < -0.3 is 10.4 Å². The van der Waals surface area contributed by atoms with Crippen molar-refractivity contribution >= 4 is 17.5 Å². The second-order valence-corrected chi connectivity index (χ2v) is 4.66. The zero-order chi connectivity index (χ0) is 15.4. The molecule has 0 bridgehead atoms. The number of hydrogen-bond acceptors (Lipinski definition) is 4. The van der Waals surface area contributed by atoms with E-state index in [1.807, 2.05) is 13.0 Å². The molecular formula is C14H15N3O4. The van der Waals surface area contributed by atoms with Crippen LogP contribution in [-0.4, -0.2) is 32.9 Å². The number of aromatic nitrogens is 2. The number of carbonyl (C=O) groups excluding carboxylic acids is 1. The summed E-state index contributed by atoms with van der Waals surface area (Å²) >= 11 is 0. The van der Waals surface area contributed by atoms with Crippen molar-refractivity contribution in [1.82, 2.24) is 14.7 Å². The summed E-state index contributed by atoms with van der Waals surface area (Å²) in [7, 11) is 0. The average Bonchev–Trinajstić information content (AvgIpc) is 2.44. The normalized spacial score (nSPS) is 10.5. The summed E-state index contributed by atoms with van der Waals surface area (Å²) in [6.07, 6.45) is 3.13. The Morgan fingerprint density at radius 1 is 1.38 bits per heavy atom. The fraction of sp³-hybridized carbons (Fsp3) is 0.286. The van der Waals surface area contributed by atoms with E-state index in [0.717, 1.165) is 5.56 Å². The molecular weight excluding hydrogens is 274 g/mol. The van der Waals surface area contributed by atoms with Crippen molar-refractivity contribution in [3.8, 4) is 0 Å². The summed E-state index contributed by atoms with van der Waals surface area (Å²) in [6.45, 7) is 2.03. The van der Waals surface area contributed by atoms with Crippen molar-refractivity contribution in [3.63, 3.8) is 0 Å². The standard InChI is InChI=1S/C14H15N3O4/c1-9-4-5-11-16-7-10(14(21)17(11)8-9)13(20)15-6-2-3-12(18)19/h4-5,7-8H,2-3,6H2,1H3,(H,15,20)(H,18,19). The molecule has 0 radical (unpaired) electrons. The van der Waals surface area contributed by atoms with E-state index in [0.29, 0.717) is 12.1 Å². The molecule has 2 rings (SSSR count). The van der Waals surface area contributed by atoms with Crippen molar-refractivity contribution < 1.29 is 14.7 Å². The third-order valence-electron chi connectivity index (χ3n) is 2.95. The van der Waals surface area contributed by atoms with Crippen LogP contribution in [0.15, 0.2) is 29.3 Å². The van der Waals surface area contributed by atoms with E-state index in [2.05, 4.69) is 10.3 Å². The molecule has 2 heterocycles. The number of aryl methyl sites for hydroxylation is 1. The van der Waals surface area contributed by atoms with E-state index in [-0.39, 0.29) is 18.5 Å². The minimum Gasteiger partial charge on any atom is -0.481 e. The highest BCUT2D eigenvalue weighted by atomic mass is 16.4. The van der Waals surface area contributed by atoms with Gasteiger partial charge in [0, 0.05) is 25.4 Å². The number of carboxylic acid groups (broad SMARTS) is 1. The van der Waals surface area contributed by atoms with E-state index in [9.17, 15) is 14.4 Å². The number of nitrogens with zero attached hydrogens (tertiary/aromatic N) is 2. The van der Waals surface area contributed by atoms with Crippen LogP contribution in [0, 0.1) is 6.92 Å². The van der Waals surface area contributed by atoms with E-state index < -0.39 is 17.4 Å². The van der Waals surface area contributed by atoms with Gasteiger partial charge in [0.2, 0.25) is 0 Å². The molecule has 2 aromatic heterocycles. The van der Waals surface area contributed by atoms with Crippen LogP contribution in [0.1, 0.15) is 28.8 Å². The lowest BCUT2D eigenvalue weighted by Crippen LogP contribution is -2.32. The zero-order valence-electron chi connectivity index (χ0n) is 11.5. The molecule has 0 fully saturated rings. The average molecular weight is 289 g/mol. The van der Waals surface area contributed by atoms with Crippen LogP contribution >= 0.6 is 0 Å². The number of carbonyl (C=O) groups is 2. The fourth-order valence-corrected chi connectivity index (χ4v) is 1.88. The topological polar surface area (TPSA) is 101 Å². The van der Waals surface area contributed by atoms with E-state index >= 15 is 0 Å². The van der Waals surface area contributed by atoms with Crippen molar-refractivity contribution in [2.45, 2.75) is 19.8 Å². The Balaban J connectivity index is 2.18. The Morgan fingerprint density at radius 3 is 2.86 bits per heavy atom. The first-order valence-corrected chi connectivity index (χ1v) is 6.47. The minimum atomic E-state index is -0.924. The second-order valence-electron chi connectivity index (χ2n) is 4.66. The summed E-state index contributed by atoms with van der Waals surface area (Å²) < 4.78 is 1.32. The van der Waals surface area contributed by atoms with Crippen molar-refractivity contribution in [3.05, 3.63) is 46.0 Å². The van der Waals surface area contributed by atoms with Gasteiger partial charge in [-0.2, -0.15) is 0 Å². The van der Waals surface area contributed by atoms with Crippen LogP contribution in [0.3, 0.4) is 0 Å².